The minimum Gasteiger partial charge on any atom is -0.364 e. The molecule has 3 aromatic rings. The van der Waals surface area contributed by atoms with Gasteiger partial charge in [0.1, 0.15) is 5.52 Å². The van der Waals surface area contributed by atoms with Gasteiger partial charge < -0.3 is 15.6 Å². The lowest BCUT2D eigenvalue weighted by atomic mass is 10.1. The lowest BCUT2D eigenvalue weighted by Gasteiger charge is -2.10. The van der Waals surface area contributed by atoms with Crippen molar-refractivity contribution >= 4 is 22.9 Å². The fraction of sp³-hybridized carbons (Fsp3) is 0.200. The zero-order valence-electron chi connectivity index (χ0n) is 13.0. The number of imidazole rings is 1. The van der Waals surface area contributed by atoms with Crippen LogP contribution >= 0.6 is 0 Å². The van der Waals surface area contributed by atoms with E-state index in [1.54, 1.807) is 24.3 Å². The summed E-state index contributed by atoms with van der Waals surface area (Å²) in [6.45, 7) is 0.174. The van der Waals surface area contributed by atoms with Crippen LogP contribution in [0.25, 0.3) is 11.2 Å². The Balaban J connectivity index is 1.88. The van der Waals surface area contributed by atoms with Crippen LogP contribution in [0, 0.1) is 0 Å². The molecule has 0 spiro atoms. The number of nitrogens with zero attached hydrogens (tertiary/aromatic N) is 3. The van der Waals surface area contributed by atoms with Crippen molar-refractivity contribution in [3.05, 3.63) is 47.5 Å². The van der Waals surface area contributed by atoms with Gasteiger partial charge in [0.2, 0.25) is 5.82 Å². The van der Waals surface area contributed by atoms with Crippen LogP contribution in [0.5, 0.6) is 0 Å². The molecular weight excluding hydrogens is 337 g/mol. The summed E-state index contributed by atoms with van der Waals surface area (Å²) in [6, 6.07) is 6.72. The Morgan fingerprint density at radius 1 is 1.28 bits per heavy atom. The molecule has 2 heterocycles. The highest BCUT2D eigenvalue weighted by molar-refractivity contribution is 5.94. The third-order valence-corrected chi connectivity index (χ3v) is 3.42. The number of aromatic amines is 1. The molecule has 0 aliphatic rings. The molecular formula is C15H13F3N6O. The van der Waals surface area contributed by atoms with Gasteiger partial charge in [-0.05, 0) is 17.7 Å². The maximum Gasteiger partial charge on any atom is 0.451 e. The number of halogens is 3. The van der Waals surface area contributed by atoms with Crippen LogP contribution in [-0.4, -0.2) is 32.9 Å². The number of H-pyrrole nitrogens is 1. The molecule has 130 valence electrons. The standard InChI is InChI=1S/C15H13F3N6O/c1-19-13(25)9-4-2-3-8(5-9)6-20-11-10-12(22-7-21-10)24-14(23-11)15(16,17)18/h2-5,7H,6H2,1H3,(H,19,25)(H2,20,21,22,23,24). The predicted molar refractivity (Wildman–Crippen MR) is 83.8 cm³/mol. The second kappa shape index (κ2) is 6.38. The van der Waals surface area contributed by atoms with E-state index in [-0.39, 0.29) is 29.4 Å². The monoisotopic (exact) mass is 350 g/mol. The van der Waals surface area contributed by atoms with Crippen molar-refractivity contribution in [2.24, 2.45) is 0 Å². The van der Waals surface area contributed by atoms with E-state index in [2.05, 4.69) is 30.6 Å². The lowest BCUT2D eigenvalue weighted by Crippen LogP contribution is -2.18. The summed E-state index contributed by atoms with van der Waals surface area (Å²) in [7, 11) is 1.52. The van der Waals surface area contributed by atoms with E-state index in [1.807, 2.05) is 0 Å². The van der Waals surface area contributed by atoms with Gasteiger partial charge in [0.05, 0.1) is 6.33 Å². The van der Waals surface area contributed by atoms with Gasteiger partial charge in [-0.25, -0.2) is 15.0 Å². The SMILES string of the molecule is CNC(=O)c1cccc(CNc2nc(C(F)(F)F)nc3nc[nH]c23)c1. The molecule has 2 aromatic heterocycles. The van der Waals surface area contributed by atoms with Crippen molar-refractivity contribution in [3.8, 4) is 0 Å². The van der Waals surface area contributed by atoms with E-state index in [1.165, 1.54) is 13.4 Å². The van der Waals surface area contributed by atoms with E-state index < -0.39 is 12.0 Å². The molecule has 0 aliphatic carbocycles. The number of aromatic nitrogens is 4. The Labute approximate surface area is 139 Å². The Kier molecular flexibility index (Phi) is 4.26. The number of benzene rings is 1. The van der Waals surface area contributed by atoms with Crippen LogP contribution in [0.4, 0.5) is 19.0 Å². The summed E-state index contributed by atoms with van der Waals surface area (Å²) in [6.07, 6.45) is -3.43. The molecule has 0 unspecified atom stereocenters. The van der Waals surface area contributed by atoms with E-state index in [9.17, 15) is 18.0 Å². The largest absolute Gasteiger partial charge is 0.451 e. The summed E-state index contributed by atoms with van der Waals surface area (Å²) in [5, 5.41) is 5.34. The van der Waals surface area contributed by atoms with E-state index in [4.69, 9.17) is 0 Å². The fourth-order valence-corrected chi connectivity index (χ4v) is 2.24. The average molecular weight is 350 g/mol. The van der Waals surface area contributed by atoms with E-state index in [0.717, 1.165) is 0 Å². The van der Waals surface area contributed by atoms with E-state index >= 15 is 0 Å². The molecule has 0 saturated heterocycles. The molecule has 3 rings (SSSR count). The molecule has 0 aliphatic heterocycles. The first kappa shape index (κ1) is 16.7. The van der Waals surface area contributed by atoms with Crippen molar-refractivity contribution in [1.29, 1.82) is 0 Å². The van der Waals surface area contributed by atoms with Gasteiger partial charge in [0.15, 0.2) is 11.5 Å². The van der Waals surface area contributed by atoms with Crippen molar-refractivity contribution in [3.63, 3.8) is 0 Å². The summed E-state index contributed by atoms with van der Waals surface area (Å²) < 4.78 is 38.7. The van der Waals surface area contributed by atoms with E-state index in [0.29, 0.717) is 11.1 Å². The normalized spacial score (nSPS) is 11.5. The zero-order chi connectivity index (χ0) is 18.0. The molecule has 0 radical (unpaired) electrons. The van der Waals surface area contributed by atoms with Crippen molar-refractivity contribution < 1.29 is 18.0 Å². The highest BCUT2D eigenvalue weighted by Gasteiger charge is 2.36. The summed E-state index contributed by atoms with van der Waals surface area (Å²) in [5.74, 6) is -1.53. The van der Waals surface area contributed by atoms with Gasteiger partial charge in [0, 0.05) is 19.2 Å². The van der Waals surface area contributed by atoms with Crippen LogP contribution < -0.4 is 10.6 Å². The smallest absolute Gasteiger partial charge is 0.364 e. The molecule has 1 aromatic carbocycles. The van der Waals surface area contributed by atoms with Crippen LogP contribution in [0.1, 0.15) is 21.7 Å². The number of hydrogen-bond acceptors (Lipinski definition) is 5. The quantitative estimate of drug-likeness (QED) is 0.671. The Bertz CT molecular complexity index is 921. The number of hydrogen-bond donors (Lipinski definition) is 3. The molecule has 0 saturated carbocycles. The maximum absolute atomic E-state index is 12.9. The molecule has 25 heavy (non-hydrogen) atoms. The molecule has 10 heteroatoms. The molecule has 0 atom stereocenters. The Morgan fingerprint density at radius 2 is 2.08 bits per heavy atom. The Morgan fingerprint density at radius 3 is 2.80 bits per heavy atom. The third-order valence-electron chi connectivity index (χ3n) is 3.42. The zero-order valence-corrected chi connectivity index (χ0v) is 13.0. The number of alkyl halides is 3. The number of amides is 1. The van der Waals surface area contributed by atoms with Gasteiger partial charge in [-0.15, -0.1) is 0 Å². The number of fused-ring (bicyclic) bond motifs is 1. The molecule has 1 amide bonds. The number of carbonyl (C=O) groups excluding carboxylic acids is 1. The first-order chi connectivity index (χ1) is 11.9. The van der Waals surface area contributed by atoms with Crippen LogP contribution in [-0.2, 0) is 12.7 Å². The third kappa shape index (κ3) is 3.52. The highest BCUT2D eigenvalue weighted by Crippen LogP contribution is 2.29. The summed E-state index contributed by atoms with van der Waals surface area (Å²) in [4.78, 5) is 25.0. The van der Waals surface area contributed by atoms with Gasteiger partial charge in [0.25, 0.3) is 5.91 Å². The van der Waals surface area contributed by atoms with Gasteiger partial charge in [-0.3, -0.25) is 4.79 Å². The van der Waals surface area contributed by atoms with Crippen LogP contribution in [0.2, 0.25) is 0 Å². The molecule has 0 bridgehead atoms. The number of carbonyl (C=O) groups is 1. The second-order valence-corrected chi connectivity index (χ2v) is 5.13. The predicted octanol–water partition coefficient (Wildman–Crippen LogP) is 2.34. The minimum absolute atomic E-state index is 0.0137. The topological polar surface area (TPSA) is 95.6 Å². The Hall–Kier alpha value is -3.17. The average Bonchev–Trinajstić information content (AvgIpc) is 3.07. The second-order valence-electron chi connectivity index (χ2n) is 5.13. The first-order valence-electron chi connectivity index (χ1n) is 7.21. The first-order valence-corrected chi connectivity index (χ1v) is 7.21. The summed E-state index contributed by atoms with van der Waals surface area (Å²) >= 11 is 0. The molecule has 3 N–H and O–H groups in total. The van der Waals surface area contributed by atoms with Gasteiger partial charge in [-0.2, -0.15) is 13.2 Å². The maximum atomic E-state index is 12.9. The minimum atomic E-state index is -4.68. The molecule has 7 nitrogen and oxygen atoms in total. The van der Waals surface area contributed by atoms with Crippen LogP contribution in [0.15, 0.2) is 30.6 Å². The van der Waals surface area contributed by atoms with Gasteiger partial charge >= 0.3 is 6.18 Å². The fourth-order valence-electron chi connectivity index (χ4n) is 2.24. The number of nitrogens with one attached hydrogen (secondary N) is 3. The van der Waals surface area contributed by atoms with Crippen molar-refractivity contribution in [2.45, 2.75) is 12.7 Å². The van der Waals surface area contributed by atoms with Crippen LogP contribution in [0.3, 0.4) is 0 Å². The van der Waals surface area contributed by atoms with Crippen molar-refractivity contribution in [1.82, 2.24) is 25.3 Å². The van der Waals surface area contributed by atoms with Gasteiger partial charge in [-0.1, -0.05) is 12.1 Å². The number of rotatable bonds is 4. The lowest BCUT2D eigenvalue weighted by molar-refractivity contribution is -0.144. The molecule has 0 fully saturated rings. The number of anilines is 1. The summed E-state index contributed by atoms with van der Waals surface area (Å²) in [5.41, 5.74) is 1.35. The van der Waals surface area contributed by atoms with Crippen molar-refractivity contribution in [2.75, 3.05) is 12.4 Å². The highest BCUT2D eigenvalue weighted by atomic mass is 19.4.